The number of nitrogens with one attached hydrogen (secondary N) is 2. The monoisotopic (exact) mass is 465 g/mol. The Hall–Kier alpha value is -2.93. The first-order valence-corrected chi connectivity index (χ1v) is 12.3. The van der Waals surface area contributed by atoms with Gasteiger partial charge >= 0.3 is 0 Å². The topological polar surface area (TPSA) is 114 Å². The number of rotatable bonds is 7. The summed E-state index contributed by atoms with van der Waals surface area (Å²) in [4.78, 5) is 21.7. The quantitative estimate of drug-likeness (QED) is 0.495. The smallest absolute Gasteiger partial charge is 0.236 e. The molecular formula is C23H23N5O2S2. The molecule has 164 valence electrons. The van der Waals surface area contributed by atoms with Crippen molar-refractivity contribution < 1.29 is 9.35 Å². The molecule has 0 aliphatic heterocycles. The van der Waals surface area contributed by atoms with Crippen molar-refractivity contribution in [2.45, 2.75) is 44.3 Å². The van der Waals surface area contributed by atoms with Crippen LogP contribution in [0.5, 0.6) is 0 Å². The maximum absolute atomic E-state index is 13.1. The molecule has 2 aromatic heterocycles. The number of pyridine rings is 1. The molecule has 2 N–H and O–H groups in total. The number of aromatic nitrogens is 2. The van der Waals surface area contributed by atoms with Crippen molar-refractivity contribution in [1.29, 1.82) is 5.26 Å². The second-order valence-corrected chi connectivity index (χ2v) is 10.6. The van der Waals surface area contributed by atoms with Crippen molar-refractivity contribution in [3.05, 3.63) is 58.9 Å². The van der Waals surface area contributed by atoms with Gasteiger partial charge in [0, 0.05) is 41.9 Å². The van der Waals surface area contributed by atoms with Gasteiger partial charge in [0.1, 0.15) is 11.3 Å². The van der Waals surface area contributed by atoms with Gasteiger partial charge in [0.2, 0.25) is 11.0 Å². The van der Waals surface area contributed by atoms with Gasteiger partial charge in [-0.05, 0) is 50.1 Å². The largest absolute Gasteiger partial charge is 0.593 e. The summed E-state index contributed by atoms with van der Waals surface area (Å²) in [6.45, 7) is 5.59. The number of thiazole rings is 1. The number of anilines is 2. The van der Waals surface area contributed by atoms with E-state index in [4.69, 9.17) is 5.26 Å². The number of carbonyl (C=O) groups excluding carboxylic acids is 1. The zero-order chi connectivity index (χ0) is 22.9. The first kappa shape index (κ1) is 22.3. The molecule has 0 spiro atoms. The number of carbonyl (C=O) groups is 1. The number of hydrogen-bond donors (Lipinski definition) is 2. The molecule has 0 radical (unpaired) electrons. The molecule has 1 atom stereocenters. The van der Waals surface area contributed by atoms with E-state index in [-0.39, 0.29) is 11.2 Å². The standard InChI is InChI=1S/C23H23N5O2S2/c1-14-8-17(4-7-19(14)16-9-15(10-24)11-25-12-16)26-21(29)23(2,3)20-13-31-22(27-20)28-32(30)18-5-6-18/h4,7-9,11-13,18H,5-6H2,1-3H3,(H,26,29)(H,27,28). The molecule has 9 heteroatoms. The number of nitriles is 1. The van der Waals surface area contributed by atoms with Gasteiger partial charge in [-0.15, -0.1) is 11.3 Å². The second-order valence-electron chi connectivity index (χ2n) is 8.32. The molecule has 1 amide bonds. The van der Waals surface area contributed by atoms with Crippen molar-refractivity contribution in [3.63, 3.8) is 0 Å². The van der Waals surface area contributed by atoms with Crippen LogP contribution in [0, 0.1) is 18.3 Å². The van der Waals surface area contributed by atoms with Crippen LogP contribution in [0.15, 0.2) is 42.0 Å². The molecule has 4 rings (SSSR count). The maximum atomic E-state index is 13.1. The Kier molecular flexibility index (Phi) is 6.20. The van der Waals surface area contributed by atoms with Crippen LogP contribution in [0.1, 0.15) is 43.5 Å². The Morgan fingerprint density at radius 3 is 2.78 bits per heavy atom. The third kappa shape index (κ3) is 4.78. The van der Waals surface area contributed by atoms with Gasteiger partial charge in [0.25, 0.3) is 0 Å². The van der Waals surface area contributed by atoms with E-state index in [2.05, 4.69) is 26.1 Å². The second kappa shape index (κ2) is 8.90. The fraction of sp³-hybridized carbons (Fsp3) is 0.304. The molecule has 1 fully saturated rings. The van der Waals surface area contributed by atoms with E-state index in [1.54, 1.807) is 12.3 Å². The van der Waals surface area contributed by atoms with Crippen molar-refractivity contribution in [2.75, 3.05) is 10.0 Å². The summed E-state index contributed by atoms with van der Waals surface area (Å²) < 4.78 is 15.0. The molecule has 1 saturated carbocycles. The van der Waals surface area contributed by atoms with E-state index in [1.807, 2.05) is 44.4 Å². The highest BCUT2D eigenvalue weighted by Gasteiger charge is 2.37. The SMILES string of the molecule is Cc1cc(NC(=O)C(C)(C)c2csc(N[S+]([O-])C3CC3)n2)ccc1-c1cncc(C#N)c1. The summed E-state index contributed by atoms with van der Waals surface area (Å²) in [5, 5.41) is 14.7. The van der Waals surface area contributed by atoms with Crippen LogP contribution in [0.3, 0.4) is 0 Å². The normalized spacial score (nSPS) is 14.5. The van der Waals surface area contributed by atoms with Crippen LogP contribution >= 0.6 is 11.3 Å². The number of amides is 1. The van der Waals surface area contributed by atoms with Crippen molar-refractivity contribution in [2.24, 2.45) is 0 Å². The van der Waals surface area contributed by atoms with Crippen molar-refractivity contribution in [1.82, 2.24) is 9.97 Å². The first-order valence-electron chi connectivity index (χ1n) is 10.2. The van der Waals surface area contributed by atoms with Gasteiger partial charge in [-0.2, -0.15) is 9.98 Å². The van der Waals surface area contributed by atoms with E-state index in [0.29, 0.717) is 22.1 Å². The van der Waals surface area contributed by atoms with Crippen LogP contribution in [0.2, 0.25) is 0 Å². The van der Waals surface area contributed by atoms with E-state index in [9.17, 15) is 9.35 Å². The summed E-state index contributed by atoms with van der Waals surface area (Å²) >= 11 is 0.239. The average molecular weight is 466 g/mol. The van der Waals surface area contributed by atoms with Crippen LogP contribution < -0.4 is 10.0 Å². The van der Waals surface area contributed by atoms with E-state index in [0.717, 1.165) is 29.5 Å². The van der Waals surface area contributed by atoms with E-state index >= 15 is 0 Å². The van der Waals surface area contributed by atoms with Crippen molar-refractivity contribution in [3.8, 4) is 17.2 Å². The van der Waals surface area contributed by atoms with Crippen LogP contribution in [-0.4, -0.2) is 25.7 Å². The summed E-state index contributed by atoms with van der Waals surface area (Å²) in [7, 11) is 0. The highest BCUT2D eigenvalue weighted by atomic mass is 32.2. The summed E-state index contributed by atoms with van der Waals surface area (Å²) in [5.74, 6) is -0.182. The highest BCUT2D eigenvalue weighted by Crippen LogP contribution is 2.33. The zero-order valence-electron chi connectivity index (χ0n) is 18.0. The number of aryl methyl sites for hydroxylation is 1. The molecule has 1 aliphatic rings. The lowest BCUT2D eigenvalue weighted by atomic mass is 9.89. The average Bonchev–Trinajstić information content (AvgIpc) is 3.52. The summed E-state index contributed by atoms with van der Waals surface area (Å²) in [6.07, 6.45) is 5.20. The molecule has 1 aliphatic carbocycles. The molecule has 3 aromatic rings. The van der Waals surface area contributed by atoms with Crippen LogP contribution in [0.25, 0.3) is 11.1 Å². The Bertz CT molecular complexity index is 1200. The van der Waals surface area contributed by atoms with Gasteiger partial charge in [0.15, 0.2) is 0 Å². The Morgan fingerprint density at radius 2 is 2.09 bits per heavy atom. The Labute approximate surface area is 194 Å². The minimum absolute atomic E-state index is 0.182. The third-order valence-electron chi connectivity index (χ3n) is 5.39. The fourth-order valence-corrected chi connectivity index (χ4v) is 5.29. The van der Waals surface area contributed by atoms with Crippen LogP contribution in [-0.2, 0) is 21.6 Å². The highest BCUT2D eigenvalue weighted by molar-refractivity contribution is 7.93. The lowest BCUT2D eigenvalue weighted by Gasteiger charge is -2.22. The molecule has 7 nitrogen and oxygen atoms in total. The molecule has 0 bridgehead atoms. The summed E-state index contributed by atoms with van der Waals surface area (Å²) in [5.41, 5.74) is 3.70. The molecule has 2 heterocycles. The Morgan fingerprint density at radius 1 is 1.31 bits per heavy atom. The number of hydrogen-bond acceptors (Lipinski definition) is 7. The minimum Gasteiger partial charge on any atom is -0.593 e. The number of nitrogens with zero attached hydrogens (tertiary/aromatic N) is 3. The van der Waals surface area contributed by atoms with E-state index in [1.165, 1.54) is 17.5 Å². The predicted octanol–water partition coefficient (Wildman–Crippen LogP) is 4.54. The first-order chi connectivity index (χ1) is 15.3. The molecule has 0 saturated heterocycles. The number of benzene rings is 1. The fourth-order valence-electron chi connectivity index (χ4n) is 3.18. The molecule has 1 aromatic carbocycles. The van der Waals surface area contributed by atoms with Crippen LogP contribution in [0.4, 0.5) is 10.8 Å². The maximum Gasteiger partial charge on any atom is 0.236 e. The van der Waals surface area contributed by atoms with Gasteiger partial charge < -0.3 is 9.87 Å². The predicted molar refractivity (Wildman–Crippen MR) is 128 cm³/mol. The third-order valence-corrected chi connectivity index (χ3v) is 7.75. The van der Waals surface area contributed by atoms with Gasteiger partial charge in [-0.25, -0.2) is 4.98 Å². The zero-order valence-corrected chi connectivity index (χ0v) is 19.6. The van der Waals surface area contributed by atoms with Crippen molar-refractivity contribution >= 4 is 39.4 Å². The van der Waals surface area contributed by atoms with Gasteiger partial charge in [-0.3, -0.25) is 9.78 Å². The lowest BCUT2D eigenvalue weighted by molar-refractivity contribution is -0.120. The summed E-state index contributed by atoms with van der Waals surface area (Å²) in [6, 6.07) is 9.54. The Balaban J connectivity index is 1.47. The van der Waals surface area contributed by atoms with Gasteiger partial charge in [-0.1, -0.05) is 6.07 Å². The molecule has 32 heavy (non-hydrogen) atoms. The molecular weight excluding hydrogens is 442 g/mol. The molecule has 1 unspecified atom stereocenters. The minimum atomic E-state index is -1.12. The van der Waals surface area contributed by atoms with E-state index < -0.39 is 16.8 Å². The van der Waals surface area contributed by atoms with Gasteiger partial charge in [0.05, 0.1) is 28.0 Å². The lowest BCUT2D eigenvalue weighted by Crippen LogP contribution is -2.35.